The summed E-state index contributed by atoms with van der Waals surface area (Å²) in [5.74, 6) is 0.629. The van der Waals surface area contributed by atoms with E-state index in [1.807, 2.05) is 43.3 Å². The quantitative estimate of drug-likeness (QED) is 0.560. The van der Waals surface area contributed by atoms with Gasteiger partial charge in [-0.15, -0.1) is 0 Å². The number of aryl methyl sites for hydroxylation is 1. The van der Waals surface area contributed by atoms with Crippen LogP contribution < -0.4 is 21.1 Å². The van der Waals surface area contributed by atoms with E-state index >= 15 is 0 Å². The number of carbonyl (C=O) groups excluding carboxylic acids is 1. The maximum Gasteiger partial charge on any atom is 0.255 e. The van der Waals surface area contributed by atoms with Gasteiger partial charge in [-0.1, -0.05) is 6.07 Å². The molecule has 1 aliphatic rings. The van der Waals surface area contributed by atoms with E-state index < -0.39 is 0 Å². The number of aromatic nitrogens is 1. The van der Waals surface area contributed by atoms with E-state index in [1.54, 1.807) is 0 Å². The van der Waals surface area contributed by atoms with Crippen LogP contribution in [0.1, 0.15) is 27.2 Å². The zero-order chi connectivity index (χ0) is 18.8. The number of anilines is 1. The van der Waals surface area contributed by atoms with Crippen molar-refractivity contribution in [1.82, 2.24) is 10.3 Å². The van der Waals surface area contributed by atoms with Gasteiger partial charge in [0.25, 0.3) is 5.91 Å². The Morgan fingerprint density at radius 3 is 2.96 bits per heavy atom. The summed E-state index contributed by atoms with van der Waals surface area (Å²) in [6.45, 7) is 4.73. The summed E-state index contributed by atoms with van der Waals surface area (Å²) in [5.41, 5.74) is 11.4. The van der Waals surface area contributed by atoms with Gasteiger partial charge in [0, 0.05) is 40.9 Å². The second kappa shape index (κ2) is 7.42. The monoisotopic (exact) mass is 364 g/mol. The fraction of sp³-hybridized carbons (Fsp3) is 0.286. The molecule has 6 heteroatoms. The standard InChI is InChI=1S/C21H24N4O2/c1-13-10-15(27-9-7-22)3-5-18(13)25-21(26)14-2-4-16-17-6-8-23-12-20(17)24-19(16)11-14/h2-5,10-11,23-24H,6-9,12,22H2,1H3,(H,25,26). The van der Waals surface area contributed by atoms with Gasteiger partial charge in [0.05, 0.1) is 0 Å². The molecule has 2 aromatic carbocycles. The molecule has 1 aromatic heterocycles. The van der Waals surface area contributed by atoms with E-state index in [1.165, 1.54) is 16.6 Å². The van der Waals surface area contributed by atoms with Crippen molar-refractivity contribution in [2.45, 2.75) is 19.9 Å². The molecule has 27 heavy (non-hydrogen) atoms. The number of nitrogens with two attached hydrogens (primary N) is 1. The number of hydrogen-bond acceptors (Lipinski definition) is 4. The lowest BCUT2D eigenvalue weighted by atomic mass is 10.0. The van der Waals surface area contributed by atoms with Gasteiger partial charge in [0.1, 0.15) is 12.4 Å². The highest BCUT2D eigenvalue weighted by Gasteiger charge is 2.16. The summed E-state index contributed by atoms with van der Waals surface area (Å²) >= 11 is 0. The molecule has 0 saturated heterocycles. The molecule has 4 rings (SSSR count). The molecule has 0 saturated carbocycles. The Balaban J connectivity index is 1.54. The lowest BCUT2D eigenvalue weighted by molar-refractivity contribution is 0.102. The van der Waals surface area contributed by atoms with E-state index in [0.717, 1.165) is 42.0 Å². The van der Waals surface area contributed by atoms with Gasteiger partial charge in [-0.05, 0) is 61.3 Å². The number of benzene rings is 2. The van der Waals surface area contributed by atoms with Gasteiger partial charge in [0.2, 0.25) is 0 Å². The lowest BCUT2D eigenvalue weighted by Crippen LogP contribution is -2.22. The predicted molar refractivity (Wildman–Crippen MR) is 107 cm³/mol. The number of fused-ring (bicyclic) bond motifs is 3. The third-order valence-electron chi connectivity index (χ3n) is 4.94. The average molecular weight is 364 g/mol. The van der Waals surface area contributed by atoms with Crippen LogP contribution in [0.15, 0.2) is 36.4 Å². The van der Waals surface area contributed by atoms with Crippen molar-refractivity contribution >= 4 is 22.5 Å². The number of H-pyrrole nitrogens is 1. The summed E-state index contributed by atoms with van der Waals surface area (Å²) in [6, 6.07) is 11.5. The van der Waals surface area contributed by atoms with Gasteiger partial charge in [0.15, 0.2) is 0 Å². The first kappa shape index (κ1) is 17.6. The Kier molecular flexibility index (Phi) is 4.83. The molecule has 2 heterocycles. The largest absolute Gasteiger partial charge is 0.492 e. The van der Waals surface area contributed by atoms with Crippen LogP contribution in [0, 0.1) is 6.92 Å². The maximum atomic E-state index is 12.7. The molecular formula is C21H24N4O2. The Morgan fingerprint density at radius 2 is 2.15 bits per heavy atom. The molecule has 3 aromatic rings. The predicted octanol–water partition coefficient (Wildman–Crippen LogP) is 2.71. The van der Waals surface area contributed by atoms with E-state index in [4.69, 9.17) is 10.5 Å². The first-order valence-corrected chi connectivity index (χ1v) is 9.25. The highest BCUT2D eigenvalue weighted by molar-refractivity contribution is 6.06. The minimum atomic E-state index is -0.124. The van der Waals surface area contributed by atoms with Gasteiger partial charge < -0.3 is 26.1 Å². The molecule has 0 aliphatic carbocycles. The van der Waals surface area contributed by atoms with Crippen LogP contribution in [0.25, 0.3) is 10.9 Å². The van der Waals surface area contributed by atoms with Crippen molar-refractivity contribution in [3.8, 4) is 5.75 Å². The Hall–Kier alpha value is -2.83. The molecule has 0 radical (unpaired) electrons. The van der Waals surface area contributed by atoms with Crippen molar-refractivity contribution in [3.05, 3.63) is 58.8 Å². The number of rotatable bonds is 5. The van der Waals surface area contributed by atoms with Gasteiger partial charge in [-0.25, -0.2) is 0 Å². The number of carbonyl (C=O) groups is 1. The summed E-state index contributed by atoms with van der Waals surface area (Å²) in [7, 11) is 0. The normalized spacial score (nSPS) is 13.4. The number of aromatic amines is 1. The SMILES string of the molecule is Cc1cc(OCCN)ccc1NC(=O)c1ccc2c3c([nH]c2c1)CNCC3. The fourth-order valence-corrected chi connectivity index (χ4v) is 3.55. The molecule has 0 atom stereocenters. The molecule has 6 nitrogen and oxygen atoms in total. The second-order valence-electron chi connectivity index (χ2n) is 6.84. The molecule has 5 N–H and O–H groups in total. The fourth-order valence-electron chi connectivity index (χ4n) is 3.55. The van der Waals surface area contributed by atoms with Crippen LogP contribution in [-0.2, 0) is 13.0 Å². The molecule has 1 amide bonds. The Morgan fingerprint density at radius 1 is 1.26 bits per heavy atom. The lowest BCUT2D eigenvalue weighted by Gasteiger charge is -2.12. The summed E-state index contributed by atoms with van der Waals surface area (Å²) in [4.78, 5) is 16.2. The Bertz CT molecular complexity index is 993. The van der Waals surface area contributed by atoms with Gasteiger partial charge >= 0.3 is 0 Å². The van der Waals surface area contributed by atoms with Gasteiger partial charge in [-0.3, -0.25) is 4.79 Å². The Labute approximate surface area is 158 Å². The summed E-state index contributed by atoms with van der Waals surface area (Å²) in [6.07, 6.45) is 1.01. The number of ether oxygens (including phenoxy) is 1. The summed E-state index contributed by atoms with van der Waals surface area (Å²) in [5, 5.41) is 7.57. The van der Waals surface area contributed by atoms with Crippen LogP contribution in [0.3, 0.4) is 0 Å². The highest BCUT2D eigenvalue weighted by Crippen LogP contribution is 2.27. The van der Waals surface area contributed by atoms with Crippen molar-refractivity contribution < 1.29 is 9.53 Å². The minimum absolute atomic E-state index is 0.124. The van der Waals surface area contributed by atoms with Crippen molar-refractivity contribution in [3.63, 3.8) is 0 Å². The van der Waals surface area contributed by atoms with Crippen LogP contribution in [0.5, 0.6) is 5.75 Å². The zero-order valence-electron chi connectivity index (χ0n) is 15.4. The van der Waals surface area contributed by atoms with E-state index in [0.29, 0.717) is 18.7 Å². The van der Waals surface area contributed by atoms with Crippen LogP contribution in [0.2, 0.25) is 0 Å². The van der Waals surface area contributed by atoms with Crippen LogP contribution in [0.4, 0.5) is 5.69 Å². The summed E-state index contributed by atoms with van der Waals surface area (Å²) < 4.78 is 5.52. The highest BCUT2D eigenvalue weighted by atomic mass is 16.5. The zero-order valence-corrected chi connectivity index (χ0v) is 15.4. The molecule has 140 valence electrons. The maximum absolute atomic E-state index is 12.7. The van der Waals surface area contributed by atoms with Crippen LogP contribution in [-0.4, -0.2) is 30.6 Å². The smallest absolute Gasteiger partial charge is 0.255 e. The van der Waals surface area contributed by atoms with E-state index in [9.17, 15) is 4.79 Å². The molecule has 0 fully saturated rings. The van der Waals surface area contributed by atoms with Gasteiger partial charge in [-0.2, -0.15) is 0 Å². The second-order valence-corrected chi connectivity index (χ2v) is 6.84. The van der Waals surface area contributed by atoms with Crippen molar-refractivity contribution in [2.24, 2.45) is 5.73 Å². The number of hydrogen-bond donors (Lipinski definition) is 4. The first-order valence-electron chi connectivity index (χ1n) is 9.25. The van der Waals surface area contributed by atoms with Crippen LogP contribution >= 0.6 is 0 Å². The molecular weight excluding hydrogens is 340 g/mol. The molecule has 1 aliphatic heterocycles. The number of nitrogens with one attached hydrogen (secondary N) is 3. The third kappa shape index (κ3) is 3.54. The topological polar surface area (TPSA) is 92.2 Å². The van der Waals surface area contributed by atoms with E-state index in [-0.39, 0.29) is 5.91 Å². The van der Waals surface area contributed by atoms with Crippen molar-refractivity contribution in [1.29, 1.82) is 0 Å². The number of amides is 1. The van der Waals surface area contributed by atoms with E-state index in [2.05, 4.69) is 15.6 Å². The minimum Gasteiger partial charge on any atom is -0.492 e. The average Bonchev–Trinajstić information content (AvgIpc) is 3.06. The molecule has 0 unspecified atom stereocenters. The molecule has 0 spiro atoms. The molecule has 0 bridgehead atoms. The third-order valence-corrected chi connectivity index (χ3v) is 4.94. The van der Waals surface area contributed by atoms with Crippen molar-refractivity contribution in [2.75, 3.05) is 25.0 Å². The first-order chi connectivity index (χ1) is 13.2.